The van der Waals surface area contributed by atoms with Gasteiger partial charge in [0.1, 0.15) is 11.6 Å². The smallest absolute Gasteiger partial charge is 0.321 e. The number of rotatable bonds is 4. The maximum absolute atomic E-state index is 12.2. The molecule has 0 atom stereocenters. The van der Waals surface area contributed by atoms with Crippen molar-refractivity contribution in [3.63, 3.8) is 0 Å². The molecule has 7 heteroatoms. The second kappa shape index (κ2) is 6.85. The van der Waals surface area contributed by atoms with Crippen LogP contribution in [0.3, 0.4) is 0 Å². The molecule has 1 aromatic carbocycles. The van der Waals surface area contributed by atoms with E-state index in [0.717, 1.165) is 22.5 Å². The SMILES string of the molecule is Cc1ccc(NC(=O)/C(C#N)=C/c2csc([N+](=O)[O-])c2)c(C)c1. The van der Waals surface area contributed by atoms with Crippen LogP contribution in [0.4, 0.5) is 10.7 Å². The lowest BCUT2D eigenvalue weighted by atomic mass is 10.1. The molecule has 0 unspecified atom stereocenters. The number of thiophene rings is 1. The summed E-state index contributed by atoms with van der Waals surface area (Å²) >= 11 is 0.945. The third-order valence-electron chi connectivity index (χ3n) is 3.09. The molecule has 1 aromatic heterocycles. The Hall–Kier alpha value is -2.98. The van der Waals surface area contributed by atoms with Crippen LogP contribution in [0.15, 0.2) is 35.2 Å². The van der Waals surface area contributed by atoms with Crippen molar-refractivity contribution in [3.8, 4) is 6.07 Å². The average molecular weight is 327 g/mol. The number of aryl methyl sites for hydroxylation is 2. The summed E-state index contributed by atoms with van der Waals surface area (Å²) in [6.07, 6.45) is 1.34. The summed E-state index contributed by atoms with van der Waals surface area (Å²) in [7, 11) is 0. The first-order valence-electron chi connectivity index (χ1n) is 6.64. The van der Waals surface area contributed by atoms with E-state index in [1.807, 2.05) is 32.0 Å². The summed E-state index contributed by atoms with van der Waals surface area (Å²) in [5, 5.41) is 24.0. The molecule has 0 bridgehead atoms. The van der Waals surface area contributed by atoms with Crippen LogP contribution < -0.4 is 5.32 Å². The third kappa shape index (κ3) is 4.02. The average Bonchev–Trinajstić information content (AvgIpc) is 2.96. The Morgan fingerprint density at radius 3 is 2.70 bits per heavy atom. The monoisotopic (exact) mass is 327 g/mol. The molecule has 6 nitrogen and oxygen atoms in total. The van der Waals surface area contributed by atoms with Crippen molar-refractivity contribution in [2.75, 3.05) is 5.32 Å². The van der Waals surface area contributed by atoms with Crippen molar-refractivity contribution in [1.82, 2.24) is 0 Å². The number of carbonyl (C=O) groups is 1. The van der Waals surface area contributed by atoms with Crippen molar-refractivity contribution in [1.29, 1.82) is 5.26 Å². The van der Waals surface area contributed by atoms with Crippen LogP contribution in [-0.4, -0.2) is 10.8 Å². The fraction of sp³-hybridized carbons (Fsp3) is 0.125. The minimum absolute atomic E-state index is 0.0386. The highest BCUT2D eigenvalue weighted by Crippen LogP contribution is 2.24. The summed E-state index contributed by atoms with van der Waals surface area (Å²) < 4.78 is 0. The third-order valence-corrected chi connectivity index (χ3v) is 3.99. The number of hydrogen-bond acceptors (Lipinski definition) is 5. The Bertz CT molecular complexity index is 846. The van der Waals surface area contributed by atoms with Gasteiger partial charge in [0, 0.05) is 17.1 Å². The Balaban J connectivity index is 2.22. The van der Waals surface area contributed by atoms with Gasteiger partial charge in [0.05, 0.1) is 4.92 Å². The van der Waals surface area contributed by atoms with E-state index in [1.165, 1.54) is 17.5 Å². The lowest BCUT2D eigenvalue weighted by Crippen LogP contribution is -2.14. The van der Waals surface area contributed by atoms with Crippen molar-refractivity contribution in [2.24, 2.45) is 0 Å². The molecule has 0 saturated carbocycles. The van der Waals surface area contributed by atoms with Gasteiger partial charge in [-0.2, -0.15) is 5.26 Å². The molecule has 1 amide bonds. The lowest BCUT2D eigenvalue weighted by Gasteiger charge is -2.08. The van der Waals surface area contributed by atoms with Gasteiger partial charge in [0.2, 0.25) is 0 Å². The molecule has 0 aliphatic heterocycles. The zero-order valence-corrected chi connectivity index (χ0v) is 13.3. The summed E-state index contributed by atoms with van der Waals surface area (Å²) in [5.74, 6) is -0.548. The second-order valence-corrected chi connectivity index (χ2v) is 5.81. The van der Waals surface area contributed by atoms with Gasteiger partial charge >= 0.3 is 5.00 Å². The lowest BCUT2D eigenvalue weighted by molar-refractivity contribution is -0.380. The number of nitrogens with zero attached hydrogens (tertiary/aromatic N) is 2. The molecular weight excluding hydrogens is 314 g/mol. The van der Waals surface area contributed by atoms with E-state index in [4.69, 9.17) is 5.26 Å². The zero-order chi connectivity index (χ0) is 17.0. The van der Waals surface area contributed by atoms with E-state index in [1.54, 1.807) is 6.07 Å². The summed E-state index contributed by atoms with van der Waals surface area (Å²) in [6, 6.07) is 8.71. The van der Waals surface area contributed by atoms with Gasteiger partial charge in [-0.3, -0.25) is 14.9 Å². The highest BCUT2D eigenvalue weighted by Gasteiger charge is 2.13. The topological polar surface area (TPSA) is 96.0 Å². The summed E-state index contributed by atoms with van der Waals surface area (Å²) in [4.78, 5) is 22.3. The van der Waals surface area contributed by atoms with Crippen LogP contribution in [-0.2, 0) is 4.79 Å². The Kier molecular flexibility index (Phi) is 4.88. The summed E-state index contributed by atoms with van der Waals surface area (Å²) in [6.45, 7) is 3.81. The normalized spacial score (nSPS) is 10.9. The first kappa shape index (κ1) is 16.4. The fourth-order valence-electron chi connectivity index (χ4n) is 1.97. The maximum atomic E-state index is 12.2. The van der Waals surface area contributed by atoms with E-state index in [0.29, 0.717) is 11.3 Å². The number of anilines is 1. The maximum Gasteiger partial charge on any atom is 0.324 e. The molecule has 0 aliphatic rings. The Morgan fingerprint density at radius 2 is 2.13 bits per heavy atom. The van der Waals surface area contributed by atoms with Gasteiger partial charge in [-0.25, -0.2) is 0 Å². The number of carbonyl (C=O) groups excluding carboxylic acids is 1. The van der Waals surface area contributed by atoms with Crippen molar-refractivity contribution >= 4 is 34.0 Å². The Morgan fingerprint density at radius 1 is 1.39 bits per heavy atom. The second-order valence-electron chi connectivity index (χ2n) is 4.92. The first-order chi connectivity index (χ1) is 10.9. The predicted octanol–water partition coefficient (Wildman–Crippen LogP) is 3.82. The van der Waals surface area contributed by atoms with Crippen molar-refractivity contribution < 1.29 is 9.72 Å². The molecule has 0 saturated heterocycles. The quantitative estimate of drug-likeness (QED) is 0.399. The molecule has 1 N–H and O–H groups in total. The van der Waals surface area contributed by atoms with Gasteiger partial charge < -0.3 is 5.32 Å². The number of nitrogens with one attached hydrogen (secondary N) is 1. The van der Waals surface area contributed by atoms with Crippen LogP contribution in [0, 0.1) is 35.3 Å². The highest BCUT2D eigenvalue weighted by atomic mass is 32.1. The number of nitro groups is 1. The molecule has 0 spiro atoms. The van der Waals surface area contributed by atoms with Gasteiger partial charge in [-0.15, -0.1) is 0 Å². The molecule has 1 heterocycles. The van der Waals surface area contributed by atoms with Crippen LogP contribution >= 0.6 is 11.3 Å². The molecular formula is C16H13N3O3S. The van der Waals surface area contributed by atoms with Crippen molar-refractivity contribution in [2.45, 2.75) is 13.8 Å². The minimum atomic E-state index is -0.548. The molecule has 23 heavy (non-hydrogen) atoms. The molecule has 116 valence electrons. The van der Waals surface area contributed by atoms with E-state index in [9.17, 15) is 14.9 Å². The van der Waals surface area contributed by atoms with E-state index < -0.39 is 10.8 Å². The standard InChI is InChI=1S/C16H13N3O3S/c1-10-3-4-14(11(2)5-10)18-16(20)13(8-17)6-12-7-15(19(21)22)23-9-12/h3-7,9H,1-2H3,(H,18,20)/b13-6+. The predicted molar refractivity (Wildman–Crippen MR) is 89.1 cm³/mol. The first-order valence-corrected chi connectivity index (χ1v) is 7.52. The van der Waals surface area contributed by atoms with Crippen LogP contribution in [0.5, 0.6) is 0 Å². The highest BCUT2D eigenvalue weighted by molar-refractivity contribution is 7.13. The summed E-state index contributed by atoms with van der Waals surface area (Å²) in [5.41, 5.74) is 2.92. The van der Waals surface area contributed by atoms with E-state index in [2.05, 4.69) is 5.32 Å². The number of nitriles is 1. The van der Waals surface area contributed by atoms with Crippen LogP contribution in [0.25, 0.3) is 6.08 Å². The Labute approximate surface area is 136 Å². The van der Waals surface area contributed by atoms with Gasteiger partial charge in [0.25, 0.3) is 5.91 Å². The van der Waals surface area contributed by atoms with Crippen LogP contribution in [0.1, 0.15) is 16.7 Å². The van der Waals surface area contributed by atoms with Gasteiger partial charge in [-0.1, -0.05) is 29.0 Å². The minimum Gasteiger partial charge on any atom is -0.321 e. The van der Waals surface area contributed by atoms with Gasteiger partial charge in [0.15, 0.2) is 0 Å². The van der Waals surface area contributed by atoms with Crippen molar-refractivity contribution in [3.05, 3.63) is 62.0 Å². The largest absolute Gasteiger partial charge is 0.324 e. The van der Waals surface area contributed by atoms with Gasteiger partial charge in [-0.05, 0) is 37.1 Å². The van der Waals surface area contributed by atoms with E-state index >= 15 is 0 Å². The number of amides is 1. The molecule has 2 rings (SSSR count). The molecule has 2 aromatic rings. The molecule has 0 aliphatic carbocycles. The number of hydrogen-bond donors (Lipinski definition) is 1. The van der Waals surface area contributed by atoms with E-state index in [-0.39, 0.29) is 10.6 Å². The number of benzene rings is 1. The van der Waals surface area contributed by atoms with Crippen LogP contribution in [0.2, 0.25) is 0 Å². The zero-order valence-electron chi connectivity index (χ0n) is 12.5. The fourth-order valence-corrected chi connectivity index (χ4v) is 2.65. The molecule has 0 fully saturated rings. The molecule has 0 radical (unpaired) electrons.